The van der Waals surface area contributed by atoms with Gasteiger partial charge in [0, 0.05) is 11.4 Å². The second-order valence-corrected chi connectivity index (χ2v) is 3.49. The van der Waals surface area contributed by atoms with Crippen LogP contribution in [0.25, 0.3) is 0 Å². The maximum absolute atomic E-state index is 9.74. The molecule has 0 aromatic carbocycles. The average Bonchev–Trinajstić information content (AvgIpc) is 2.03. The van der Waals surface area contributed by atoms with Crippen LogP contribution in [0.1, 0.15) is 42.8 Å². The van der Waals surface area contributed by atoms with Crippen LogP contribution in [-0.4, -0.2) is 10.1 Å². The maximum Gasteiger partial charge on any atom is 0.0791 e. The zero-order valence-electron chi connectivity index (χ0n) is 8.54. The number of aromatic nitrogens is 1. The normalized spacial score (nSPS) is 12.9. The molecule has 0 aliphatic rings. The predicted octanol–water partition coefficient (Wildman–Crippen LogP) is 2.53. The van der Waals surface area contributed by atoms with Gasteiger partial charge in [-0.3, -0.25) is 4.98 Å². The molecule has 2 nitrogen and oxygen atoms in total. The molecule has 0 spiro atoms. The lowest BCUT2D eigenvalue weighted by atomic mass is 10.0. The zero-order valence-corrected chi connectivity index (χ0v) is 8.54. The van der Waals surface area contributed by atoms with E-state index in [1.807, 2.05) is 26.0 Å². The minimum absolute atomic E-state index is 0.328. The summed E-state index contributed by atoms with van der Waals surface area (Å²) in [4.78, 5) is 4.27. The summed E-state index contributed by atoms with van der Waals surface area (Å²) in [5.74, 6) is 0. The van der Waals surface area contributed by atoms with Crippen LogP contribution in [0.3, 0.4) is 0 Å². The van der Waals surface area contributed by atoms with Gasteiger partial charge in [0.25, 0.3) is 0 Å². The van der Waals surface area contributed by atoms with Crippen molar-refractivity contribution < 1.29 is 5.11 Å². The standard InChI is InChI=1S/C11H17NO/c1-4-5-11(13)10-6-8(2)12-9(3)7-10/h6-7,11,13H,4-5H2,1-3H3. The Morgan fingerprint density at radius 3 is 2.31 bits per heavy atom. The van der Waals surface area contributed by atoms with Gasteiger partial charge in [-0.2, -0.15) is 0 Å². The van der Waals surface area contributed by atoms with Gasteiger partial charge in [0.2, 0.25) is 0 Å². The van der Waals surface area contributed by atoms with E-state index in [0.717, 1.165) is 29.8 Å². The Bertz CT molecular complexity index is 263. The fourth-order valence-corrected chi connectivity index (χ4v) is 1.50. The van der Waals surface area contributed by atoms with Crippen molar-refractivity contribution in [1.29, 1.82) is 0 Å². The van der Waals surface area contributed by atoms with Gasteiger partial charge in [0.05, 0.1) is 6.10 Å². The molecule has 0 saturated heterocycles. The van der Waals surface area contributed by atoms with E-state index in [0.29, 0.717) is 0 Å². The number of aliphatic hydroxyl groups is 1. The fourth-order valence-electron chi connectivity index (χ4n) is 1.50. The maximum atomic E-state index is 9.74. The van der Waals surface area contributed by atoms with Crippen LogP contribution in [0.5, 0.6) is 0 Å². The Kier molecular flexibility index (Phi) is 3.43. The van der Waals surface area contributed by atoms with Crippen LogP contribution in [0.2, 0.25) is 0 Å². The highest BCUT2D eigenvalue weighted by molar-refractivity contribution is 5.22. The molecule has 1 aromatic rings. The van der Waals surface area contributed by atoms with Crippen LogP contribution < -0.4 is 0 Å². The number of pyridine rings is 1. The molecule has 2 heteroatoms. The van der Waals surface area contributed by atoms with Crippen molar-refractivity contribution in [3.8, 4) is 0 Å². The summed E-state index contributed by atoms with van der Waals surface area (Å²) in [5, 5.41) is 9.74. The molecule has 13 heavy (non-hydrogen) atoms. The summed E-state index contributed by atoms with van der Waals surface area (Å²) in [5.41, 5.74) is 2.95. The molecule has 0 fully saturated rings. The Hall–Kier alpha value is -0.890. The van der Waals surface area contributed by atoms with Gasteiger partial charge in [-0.05, 0) is 38.0 Å². The van der Waals surface area contributed by atoms with Gasteiger partial charge >= 0.3 is 0 Å². The highest BCUT2D eigenvalue weighted by Gasteiger charge is 2.07. The topological polar surface area (TPSA) is 33.1 Å². The molecule has 0 aliphatic carbocycles. The van der Waals surface area contributed by atoms with E-state index in [1.165, 1.54) is 0 Å². The Labute approximate surface area is 79.6 Å². The van der Waals surface area contributed by atoms with Crippen LogP contribution in [0.15, 0.2) is 12.1 Å². The van der Waals surface area contributed by atoms with Gasteiger partial charge in [0.15, 0.2) is 0 Å². The molecule has 1 unspecified atom stereocenters. The van der Waals surface area contributed by atoms with Crippen LogP contribution in [0, 0.1) is 13.8 Å². The van der Waals surface area contributed by atoms with Crippen molar-refractivity contribution in [2.24, 2.45) is 0 Å². The molecule has 1 heterocycles. The first kappa shape index (κ1) is 10.2. The van der Waals surface area contributed by atoms with Crippen LogP contribution in [-0.2, 0) is 0 Å². The third kappa shape index (κ3) is 2.81. The Balaban J connectivity index is 2.87. The van der Waals surface area contributed by atoms with Gasteiger partial charge in [0.1, 0.15) is 0 Å². The second-order valence-electron chi connectivity index (χ2n) is 3.49. The molecule has 1 N–H and O–H groups in total. The number of aliphatic hydroxyl groups excluding tert-OH is 1. The third-order valence-corrected chi connectivity index (χ3v) is 2.05. The SMILES string of the molecule is CCCC(O)c1cc(C)nc(C)c1. The van der Waals surface area contributed by atoms with Crippen molar-refractivity contribution in [3.05, 3.63) is 29.1 Å². The van der Waals surface area contributed by atoms with E-state index in [2.05, 4.69) is 11.9 Å². The third-order valence-electron chi connectivity index (χ3n) is 2.05. The second kappa shape index (κ2) is 4.38. The summed E-state index contributed by atoms with van der Waals surface area (Å²) in [6, 6.07) is 3.90. The van der Waals surface area contributed by atoms with Crippen molar-refractivity contribution in [2.45, 2.75) is 39.7 Å². The first-order chi connectivity index (χ1) is 6.13. The van der Waals surface area contributed by atoms with Crippen molar-refractivity contribution in [2.75, 3.05) is 0 Å². The molecular formula is C11H17NO. The molecule has 0 aliphatic heterocycles. The number of nitrogens with zero attached hydrogens (tertiary/aromatic N) is 1. The summed E-state index contributed by atoms with van der Waals surface area (Å²) >= 11 is 0. The first-order valence-electron chi connectivity index (χ1n) is 4.76. The monoisotopic (exact) mass is 179 g/mol. The van der Waals surface area contributed by atoms with E-state index >= 15 is 0 Å². The van der Waals surface area contributed by atoms with Gasteiger partial charge in [-0.25, -0.2) is 0 Å². The van der Waals surface area contributed by atoms with Crippen LogP contribution >= 0.6 is 0 Å². The molecule has 0 amide bonds. The summed E-state index contributed by atoms with van der Waals surface area (Å²) < 4.78 is 0. The zero-order chi connectivity index (χ0) is 9.84. The molecule has 1 aromatic heterocycles. The quantitative estimate of drug-likeness (QED) is 0.773. The molecule has 0 saturated carbocycles. The molecule has 0 radical (unpaired) electrons. The lowest BCUT2D eigenvalue weighted by Gasteiger charge is -2.10. The fraction of sp³-hybridized carbons (Fsp3) is 0.545. The highest BCUT2D eigenvalue weighted by atomic mass is 16.3. The van der Waals surface area contributed by atoms with E-state index in [1.54, 1.807) is 0 Å². The highest BCUT2D eigenvalue weighted by Crippen LogP contribution is 2.19. The molecule has 0 bridgehead atoms. The molecule has 1 atom stereocenters. The number of rotatable bonds is 3. The largest absolute Gasteiger partial charge is 0.388 e. The number of aryl methyl sites for hydroxylation is 2. The smallest absolute Gasteiger partial charge is 0.0791 e. The predicted molar refractivity (Wildman–Crippen MR) is 53.6 cm³/mol. The summed E-state index contributed by atoms with van der Waals surface area (Å²) in [6.45, 7) is 5.98. The number of hydrogen-bond donors (Lipinski definition) is 1. The van der Waals surface area contributed by atoms with Crippen molar-refractivity contribution in [3.63, 3.8) is 0 Å². The minimum Gasteiger partial charge on any atom is -0.388 e. The lowest BCUT2D eigenvalue weighted by Crippen LogP contribution is -1.99. The van der Waals surface area contributed by atoms with Gasteiger partial charge < -0.3 is 5.11 Å². The first-order valence-corrected chi connectivity index (χ1v) is 4.76. The minimum atomic E-state index is -0.328. The average molecular weight is 179 g/mol. The van der Waals surface area contributed by atoms with E-state index in [-0.39, 0.29) is 6.10 Å². The van der Waals surface area contributed by atoms with Crippen molar-refractivity contribution >= 4 is 0 Å². The molecule has 1 rings (SSSR count). The Morgan fingerprint density at radius 2 is 1.85 bits per heavy atom. The van der Waals surface area contributed by atoms with Gasteiger partial charge in [-0.15, -0.1) is 0 Å². The van der Waals surface area contributed by atoms with Crippen LogP contribution in [0.4, 0.5) is 0 Å². The summed E-state index contributed by atoms with van der Waals surface area (Å²) in [6.07, 6.45) is 1.50. The Morgan fingerprint density at radius 1 is 1.31 bits per heavy atom. The van der Waals surface area contributed by atoms with E-state index in [9.17, 15) is 5.11 Å². The lowest BCUT2D eigenvalue weighted by molar-refractivity contribution is 0.166. The number of hydrogen-bond acceptors (Lipinski definition) is 2. The molecule has 72 valence electrons. The summed E-state index contributed by atoms with van der Waals surface area (Å²) in [7, 11) is 0. The van der Waals surface area contributed by atoms with E-state index in [4.69, 9.17) is 0 Å². The van der Waals surface area contributed by atoms with Crippen molar-refractivity contribution in [1.82, 2.24) is 4.98 Å². The van der Waals surface area contributed by atoms with Gasteiger partial charge in [-0.1, -0.05) is 13.3 Å². The molecular weight excluding hydrogens is 162 g/mol. The van der Waals surface area contributed by atoms with E-state index < -0.39 is 0 Å².